The number of nitrogens with zero attached hydrogens (tertiary/aromatic N) is 1. The Hall–Kier alpha value is -1.61. The number of rotatable bonds is 4. The second-order valence-corrected chi connectivity index (χ2v) is 5.08. The molecule has 2 rings (SSSR count). The average Bonchev–Trinajstić information content (AvgIpc) is 2.41. The van der Waals surface area contributed by atoms with Gasteiger partial charge in [0.2, 0.25) is 0 Å². The highest BCUT2D eigenvalue weighted by molar-refractivity contribution is 9.10. The molecule has 2 nitrogen and oxygen atoms in total. The molecule has 0 N–H and O–H groups in total. The van der Waals surface area contributed by atoms with Gasteiger partial charge in [-0.3, -0.25) is 4.99 Å². The Kier molecular flexibility index (Phi) is 4.74. The maximum absolute atomic E-state index is 5.60. The molecule has 2 aromatic carbocycles. The minimum Gasteiger partial charge on any atom is -0.493 e. The number of hydrogen-bond donors (Lipinski definition) is 0. The molecule has 98 valence electrons. The topological polar surface area (TPSA) is 21.6 Å². The van der Waals surface area contributed by atoms with Crippen LogP contribution in [0.15, 0.2) is 51.9 Å². The molecule has 0 unspecified atom stereocenters. The molecule has 0 saturated carbocycles. The first-order valence-electron chi connectivity index (χ1n) is 6.22. The van der Waals surface area contributed by atoms with Gasteiger partial charge in [0.05, 0.1) is 12.3 Å². The van der Waals surface area contributed by atoms with Gasteiger partial charge in [0.1, 0.15) is 5.75 Å². The first-order chi connectivity index (χ1) is 9.20. The molecule has 0 aliphatic carbocycles. The van der Waals surface area contributed by atoms with Gasteiger partial charge >= 0.3 is 0 Å². The summed E-state index contributed by atoms with van der Waals surface area (Å²) in [7, 11) is 0. The van der Waals surface area contributed by atoms with Crippen molar-refractivity contribution in [3.8, 4) is 5.75 Å². The quantitative estimate of drug-likeness (QED) is 0.734. The highest BCUT2D eigenvalue weighted by atomic mass is 79.9. The van der Waals surface area contributed by atoms with E-state index in [4.69, 9.17) is 4.74 Å². The molecular weight excluding hydrogens is 302 g/mol. The zero-order valence-corrected chi connectivity index (χ0v) is 12.6. The van der Waals surface area contributed by atoms with Gasteiger partial charge in [0.15, 0.2) is 0 Å². The van der Waals surface area contributed by atoms with Gasteiger partial charge in [-0.15, -0.1) is 0 Å². The van der Waals surface area contributed by atoms with Crippen LogP contribution in [0, 0.1) is 6.92 Å². The lowest BCUT2D eigenvalue weighted by Crippen LogP contribution is -1.96. The average molecular weight is 318 g/mol. The van der Waals surface area contributed by atoms with E-state index in [0.717, 1.165) is 27.0 Å². The molecule has 3 heteroatoms. The van der Waals surface area contributed by atoms with Crippen LogP contribution in [0.4, 0.5) is 5.69 Å². The SMILES string of the molecule is CCOc1ccc(Br)cc1C=Nc1ccccc1C. The van der Waals surface area contributed by atoms with Crippen LogP contribution in [0.3, 0.4) is 0 Å². The standard InChI is InChI=1S/C16H16BrNO/c1-3-19-16-9-8-14(17)10-13(16)11-18-15-7-5-4-6-12(15)2/h4-11H,3H2,1-2H3. The number of aryl methyl sites for hydroxylation is 1. The van der Waals surface area contributed by atoms with Crippen molar-refractivity contribution in [2.45, 2.75) is 13.8 Å². The van der Waals surface area contributed by atoms with E-state index in [0.29, 0.717) is 6.61 Å². The minimum absolute atomic E-state index is 0.646. The first kappa shape index (κ1) is 13.8. The second kappa shape index (κ2) is 6.53. The monoisotopic (exact) mass is 317 g/mol. The van der Waals surface area contributed by atoms with Crippen LogP contribution >= 0.6 is 15.9 Å². The molecule has 0 aromatic heterocycles. The van der Waals surface area contributed by atoms with Crippen LogP contribution in [0.2, 0.25) is 0 Å². The molecule has 2 aromatic rings. The zero-order valence-electron chi connectivity index (χ0n) is 11.1. The summed E-state index contributed by atoms with van der Waals surface area (Å²) < 4.78 is 6.61. The number of hydrogen-bond acceptors (Lipinski definition) is 2. The second-order valence-electron chi connectivity index (χ2n) is 4.16. The van der Waals surface area contributed by atoms with Gasteiger partial charge in [-0.25, -0.2) is 0 Å². The van der Waals surface area contributed by atoms with E-state index in [1.165, 1.54) is 0 Å². The largest absolute Gasteiger partial charge is 0.493 e. The van der Waals surface area contributed by atoms with Crippen LogP contribution in [0.25, 0.3) is 0 Å². The van der Waals surface area contributed by atoms with Crippen LogP contribution in [-0.4, -0.2) is 12.8 Å². The Morgan fingerprint density at radius 2 is 2.00 bits per heavy atom. The molecule has 0 spiro atoms. The van der Waals surface area contributed by atoms with Crippen molar-refractivity contribution in [2.75, 3.05) is 6.61 Å². The zero-order chi connectivity index (χ0) is 13.7. The number of benzene rings is 2. The molecule has 0 radical (unpaired) electrons. The number of para-hydroxylation sites is 1. The smallest absolute Gasteiger partial charge is 0.128 e. The van der Waals surface area contributed by atoms with E-state index in [-0.39, 0.29) is 0 Å². The summed E-state index contributed by atoms with van der Waals surface area (Å²) in [5.74, 6) is 0.850. The summed E-state index contributed by atoms with van der Waals surface area (Å²) >= 11 is 3.47. The first-order valence-corrected chi connectivity index (χ1v) is 7.02. The summed E-state index contributed by atoms with van der Waals surface area (Å²) in [4.78, 5) is 4.53. The fourth-order valence-corrected chi connectivity index (χ4v) is 2.13. The van der Waals surface area contributed by atoms with E-state index in [1.54, 1.807) is 0 Å². The highest BCUT2D eigenvalue weighted by Gasteiger charge is 2.02. The Balaban J connectivity index is 2.32. The van der Waals surface area contributed by atoms with Crippen molar-refractivity contribution in [3.05, 3.63) is 58.1 Å². The van der Waals surface area contributed by atoms with Crippen LogP contribution in [-0.2, 0) is 0 Å². The summed E-state index contributed by atoms with van der Waals surface area (Å²) in [5, 5.41) is 0. The highest BCUT2D eigenvalue weighted by Crippen LogP contribution is 2.23. The number of aliphatic imine (C=N–C) groups is 1. The fraction of sp³-hybridized carbons (Fsp3) is 0.188. The van der Waals surface area contributed by atoms with Gasteiger partial charge in [0, 0.05) is 16.3 Å². The molecule has 0 heterocycles. The van der Waals surface area contributed by atoms with Crippen molar-refractivity contribution >= 4 is 27.8 Å². The number of halogens is 1. The molecule has 0 saturated heterocycles. The summed E-state index contributed by atoms with van der Waals surface area (Å²) in [6.07, 6.45) is 1.85. The lowest BCUT2D eigenvalue weighted by molar-refractivity contribution is 0.339. The van der Waals surface area contributed by atoms with Crippen molar-refractivity contribution < 1.29 is 4.74 Å². The van der Waals surface area contributed by atoms with Gasteiger partial charge in [-0.2, -0.15) is 0 Å². The molecule has 0 fully saturated rings. The van der Waals surface area contributed by atoms with Gasteiger partial charge in [0.25, 0.3) is 0 Å². The third-order valence-corrected chi connectivity index (χ3v) is 3.22. The molecule has 0 aliphatic heterocycles. The van der Waals surface area contributed by atoms with Crippen molar-refractivity contribution in [1.29, 1.82) is 0 Å². The molecule has 0 bridgehead atoms. The molecule has 19 heavy (non-hydrogen) atoms. The van der Waals surface area contributed by atoms with E-state index < -0.39 is 0 Å². The molecular formula is C16H16BrNO. The summed E-state index contributed by atoms with van der Waals surface area (Å²) in [6, 6.07) is 14.0. The number of ether oxygens (including phenoxy) is 1. The predicted molar refractivity (Wildman–Crippen MR) is 83.7 cm³/mol. The van der Waals surface area contributed by atoms with Gasteiger partial charge in [-0.1, -0.05) is 34.1 Å². The molecule has 0 aliphatic rings. The van der Waals surface area contributed by atoms with E-state index in [2.05, 4.69) is 33.9 Å². The lowest BCUT2D eigenvalue weighted by atomic mass is 10.2. The van der Waals surface area contributed by atoms with Gasteiger partial charge in [-0.05, 0) is 43.7 Å². The normalized spacial score (nSPS) is 10.9. The van der Waals surface area contributed by atoms with Crippen LogP contribution < -0.4 is 4.74 Å². The van der Waals surface area contributed by atoms with Gasteiger partial charge < -0.3 is 4.74 Å². The van der Waals surface area contributed by atoms with Crippen molar-refractivity contribution in [1.82, 2.24) is 0 Å². The maximum Gasteiger partial charge on any atom is 0.128 e. The Bertz CT molecular complexity index is 593. The molecule has 0 amide bonds. The Labute approximate surface area is 122 Å². The molecule has 0 atom stereocenters. The third-order valence-electron chi connectivity index (χ3n) is 2.73. The third kappa shape index (κ3) is 3.67. The summed E-state index contributed by atoms with van der Waals surface area (Å²) in [6.45, 7) is 4.67. The fourth-order valence-electron chi connectivity index (χ4n) is 1.75. The van der Waals surface area contributed by atoms with Crippen LogP contribution in [0.5, 0.6) is 5.75 Å². The lowest BCUT2D eigenvalue weighted by Gasteiger charge is -2.07. The van der Waals surface area contributed by atoms with Crippen LogP contribution in [0.1, 0.15) is 18.1 Å². The summed E-state index contributed by atoms with van der Waals surface area (Å²) in [5.41, 5.74) is 3.11. The Morgan fingerprint density at radius 3 is 2.74 bits per heavy atom. The maximum atomic E-state index is 5.60. The predicted octanol–water partition coefficient (Wildman–Crippen LogP) is 4.91. The Morgan fingerprint density at radius 1 is 1.21 bits per heavy atom. The van der Waals surface area contributed by atoms with E-state index in [9.17, 15) is 0 Å². The van der Waals surface area contributed by atoms with E-state index in [1.807, 2.05) is 49.5 Å². The van der Waals surface area contributed by atoms with Crippen molar-refractivity contribution in [2.24, 2.45) is 4.99 Å². The van der Waals surface area contributed by atoms with Crippen molar-refractivity contribution in [3.63, 3.8) is 0 Å². The minimum atomic E-state index is 0.646. The van der Waals surface area contributed by atoms with E-state index >= 15 is 0 Å².